The van der Waals surface area contributed by atoms with Gasteiger partial charge in [0.05, 0.1) is 39.1 Å². The first-order chi connectivity index (χ1) is 8.66. The molecule has 0 rings (SSSR count). The van der Waals surface area contributed by atoms with E-state index >= 15 is 0 Å². The standard InChI is InChI=1S/C12H24O6.Zn/c1-4-11(2)16-9-7-14-5-6-15-8-10-17-18-12(3)13;/h11H,4-10H2,1-3H3;. The van der Waals surface area contributed by atoms with E-state index in [4.69, 9.17) is 14.2 Å². The summed E-state index contributed by atoms with van der Waals surface area (Å²) in [5.41, 5.74) is 0. The molecule has 0 saturated heterocycles. The fraction of sp³-hybridized carbons (Fsp3) is 0.917. The van der Waals surface area contributed by atoms with Crippen LogP contribution in [0.5, 0.6) is 0 Å². The Morgan fingerprint density at radius 2 is 1.53 bits per heavy atom. The third kappa shape index (κ3) is 17.9. The molecule has 0 aliphatic heterocycles. The van der Waals surface area contributed by atoms with Crippen LogP contribution < -0.4 is 0 Å². The topological polar surface area (TPSA) is 63.2 Å². The Balaban J connectivity index is 0. The third-order valence-electron chi connectivity index (χ3n) is 2.06. The van der Waals surface area contributed by atoms with Crippen LogP contribution in [0, 0.1) is 0 Å². The molecule has 7 heteroatoms. The van der Waals surface area contributed by atoms with E-state index in [1.54, 1.807) is 0 Å². The summed E-state index contributed by atoms with van der Waals surface area (Å²) in [4.78, 5) is 19.1. The van der Waals surface area contributed by atoms with Gasteiger partial charge in [0.1, 0.15) is 6.61 Å². The summed E-state index contributed by atoms with van der Waals surface area (Å²) in [5, 5.41) is 0. The Hall–Kier alpha value is -0.0666. The van der Waals surface area contributed by atoms with Crippen LogP contribution in [0.25, 0.3) is 0 Å². The van der Waals surface area contributed by atoms with Crippen LogP contribution in [0.4, 0.5) is 0 Å². The van der Waals surface area contributed by atoms with E-state index in [0.717, 1.165) is 6.42 Å². The summed E-state index contributed by atoms with van der Waals surface area (Å²) in [7, 11) is 0. The molecular formula is C12H24O6Zn. The summed E-state index contributed by atoms with van der Waals surface area (Å²) >= 11 is 0. The minimum absolute atomic E-state index is 0. The van der Waals surface area contributed by atoms with Crippen molar-refractivity contribution in [3.63, 3.8) is 0 Å². The summed E-state index contributed by atoms with van der Waals surface area (Å²) in [5.74, 6) is -0.473. The van der Waals surface area contributed by atoms with Gasteiger partial charge in [-0.1, -0.05) is 6.92 Å². The zero-order valence-corrected chi connectivity index (χ0v) is 15.2. The van der Waals surface area contributed by atoms with Crippen LogP contribution in [0.2, 0.25) is 0 Å². The van der Waals surface area contributed by atoms with Gasteiger partial charge >= 0.3 is 5.97 Å². The van der Waals surface area contributed by atoms with Gasteiger partial charge in [-0.25, -0.2) is 4.79 Å². The predicted octanol–water partition coefficient (Wildman–Crippen LogP) is 1.33. The fourth-order valence-corrected chi connectivity index (χ4v) is 0.966. The van der Waals surface area contributed by atoms with Gasteiger partial charge in [0.25, 0.3) is 0 Å². The van der Waals surface area contributed by atoms with Crippen molar-refractivity contribution < 1.29 is 48.3 Å². The Bertz CT molecular complexity index is 203. The Morgan fingerprint density at radius 3 is 2.05 bits per heavy atom. The van der Waals surface area contributed by atoms with Crippen LogP contribution in [0.1, 0.15) is 27.2 Å². The summed E-state index contributed by atoms with van der Waals surface area (Å²) in [6, 6.07) is 0. The largest absolute Gasteiger partial charge is 0.377 e. The maximum atomic E-state index is 10.3. The molecule has 0 radical (unpaired) electrons. The van der Waals surface area contributed by atoms with E-state index in [-0.39, 0.29) is 32.2 Å². The Morgan fingerprint density at radius 1 is 1.00 bits per heavy atom. The van der Waals surface area contributed by atoms with Gasteiger partial charge in [0, 0.05) is 26.4 Å². The van der Waals surface area contributed by atoms with Crippen molar-refractivity contribution >= 4 is 5.97 Å². The van der Waals surface area contributed by atoms with Crippen LogP contribution >= 0.6 is 0 Å². The van der Waals surface area contributed by atoms with Crippen molar-refractivity contribution in [1.82, 2.24) is 0 Å². The molecule has 0 spiro atoms. The monoisotopic (exact) mass is 328 g/mol. The molecule has 0 aliphatic rings. The maximum absolute atomic E-state index is 10.3. The van der Waals surface area contributed by atoms with Crippen LogP contribution in [0.3, 0.4) is 0 Å². The number of ether oxygens (including phenoxy) is 3. The molecular weight excluding hydrogens is 306 g/mol. The van der Waals surface area contributed by atoms with Crippen molar-refractivity contribution in [3.05, 3.63) is 0 Å². The quantitative estimate of drug-likeness (QED) is 0.233. The smallest absolute Gasteiger partial charge is 0.339 e. The van der Waals surface area contributed by atoms with Gasteiger partial charge in [-0.2, -0.15) is 4.89 Å². The summed E-state index contributed by atoms with van der Waals surface area (Å²) < 4.78 is 15.9. The predicted molar refractivity (Wildman–Crippen MR) is 65.1 cm³/mol. The number of rotatable bonds is 12. The van der Waals surface area contributed by atoms with E-state index in [1.807, 2.05) is 6.92 Å². The number of hydrogen-bond donors (Lipinski definition) is 0. The van der Waals surface area contributed by atoms with E-state index in [2.05, 4.69) is 16.7 Å². The van der Waals surface area contributed by atoms with E-state index in [0.29, 0.717) is 33.0 Å². The molecule has 0 aliphatic carbocycles. The number of hydrogen-bond acceptors (Lipinski definition) is 6. The fourth-order valence-electron chi connectivity index (χ4n) is 0.966. The van der Waals surface area contributed by atoms with Crippen LogP contribution in [-0.4, -0.2) is 51.7 Å². The van der Waals surface area contributed by atoms with Crippen molar-refractivity contribution in [2.75, 3.05) is 39.6 Å². The molecule has 6 nitrogen and oxygen atoms in total. The van der Waals surface area contributed by atoms with Gasteiger partial charge in [-0.05, 0) is 13.3 Å². The normalized spacial score (nSPS) is 11.7. The van der Waals surface area contributed by atoms with Crippen LogP contribution in [-0.2, 0) is 48.3 Å². The molecule has 0 heterocycles. The second kappa shape index (κ2) is 16.0. The molecule has 110 valence electrons. The summed E-state index contributed by atoms with van der Waals surface area (Å²) in [6.45, 7) is 8.13. The minimum atomic E-state index is -0.473. The molecule has 0 amide bonds. The molecule has 0 aromatic heterocycles. The van der Waals surface area contributed by atoms with Gasteiger partial charge in [-0.15, -0.1) is 0 Å². The molecule has 19 heavy (non-hydrogen) atoms. The van der Waals surface area contributed by atoms with Crippen molar-refractivity contribution in [1.29, 1.82) is 0 Å². The molecule has 0 fully saturated rings. The minimum Gasteiger partial charge on any atom is -0.377 e. The molecule has 0 aromatic carbocycles. The van der Waals surface area contributed by atoms with E-state index in [9.17, 15) is 4.79 Å². The third-order valence-corrected chi connectivity index (χ3v) is 2.06. The van der Waals surface area contributed by atoms with Gasteiger partial charge in [0.2, 0.25) is 0 Å². The van der Waals surface area contributed by atoms with E-state index < -0.39 is 5.97 Å². The average Bonchev–Trinajstić information content (AvgIpc) is 2.35. The average molecular weight is 330 g/mol. The van der Waals surface area contributed by atoms with Crippen molar-refractivity contribution in [2.45, 2.75) is 33.3 Å². The Kier molecular flexibility index (Phi) is 17.9. The molecule has 1 atom stereocenters. The first-order valence-electron chi connectivity index (χ1n) is 6.24. The first-order valence-corrected chi connectivity index (χ1v) is 6.24. The SMILES string of the molecule is CCC(C)OCCOCCOCCOOC(C)=O.[Zn]. The molecule has 0 bridgehead atoms. The molecule has 0 N–H and O–H groups in total. The van der Waals surface area contributed by atoms with Gasteiger partial charge in [-0.3, -0.25) is 4.89 Å². The second-order valence-electron chi connectivity index (χ2n) is 3.71. The maximum Gasteiger partial charge on any atom is 0.339 e. The second-order valence-corrected chi connectivity index (χ2v) is 3.71. The molecule has 0 saturated carbocycles. The van der Waals surface area contributed by atoms with Crippen molar-refractivity contribution in [3.8, 4) is 0 Å². The van der Waals surface area contributed by atoms with E-state index in [1.165, 1.54) is 6.92 Å². The summed E-state index contributed by atoms with van der Waals surface area (Å²) in [6.07, 6.45) is 1.29. The number of carbonyl (C=O) groups is 1. The Labute approximate surface area is 127 Å². The zero-order chi connectivity index (χ0) is 13.6. The zero-order valence-electron chi connectivity index (χ0n) is 12.2. The van der Waals surface area contributed by atoms with Crippen LogP contribution in [0.15, 0.2) is 0 Å². The number of carbonyl (C=O) groups excluding carboxylic acids is 1. The van der Waals surface area contributed by atoms with Gasteiger partial charge < -0.3 is 14.2 Å². The molecule has 0 aromatic rings. The van der Waals surface area contributed by atoms with Gasteiger partial charge in [0.15, 0.2) is 0 Å². The first kappa shape index (κ1) is 21.2. The molecule has 1 unspecified atom stereocenters. The van der Waals surface area contributed by atoms with Crippen molar-refractivity contribution in [2.24, 2.45) is 0 Å².